The first-order valence-electron chi connectivity index (χ1n) is 11.7. The van der Waals surface area contributed by atoms with E-state index >= 15 is 0 Å². The van der Waals surface area contributed by atoms with Crippen LogP contribution in [0.4, 0.5) is 18.9 Å². The molecule has 7 nitrogen and oxygen atoms in total. The molecule has 206 valence electrons. The maximum absolute atomic E-state index is 13.4. The van der Waals surface area contributed by atoms with Crippen LogP contribution in [0.5, 0.6) is 5.75 Å². The minimum absolute atomic E-state index is 0.0802. The van der Waals surface area contributed by atoms with Crippen LogP contribution in [0.15, 0.2) is 89.0 Å². The predicted molar refractivity (Wildman–Crippen MR) is 145 cm³/mol. The second-order valence-electron chi connectivity index (χ2n) is 8.45. The van der Waals surface area contributed by atoms with Gasteiger partial charge in [0, 0.05) is 22.2 Å². The van der Waals surface area contributed by atoms with Gasteiger partial charge in [-0.25, -0.2) is 13.2 Å². The third-order valence-corrected chi connectivity index (χ3v) is 7.16. The molecular formula is C28H20ClF3N2O5S. The van der Waals surface area contributed by atoms with Gasteiger partial charge in [-0.15, -0.1) is 0 Å². The summed E-state index contributed by atoms with van der Waals surface area (Å²) in [5.74, 6) is 4.56. The molecule has 0 saturated carbocycles. The first-order valence-corrected chi connectivity index (χ1v) is 13.5. The fourth-order valence-corrected chi connectivity index (χ4v) is 5.13. The van der Waals surface area contributed by atoms with E-state index < -0.39 is 28.8 Å². The first kappa shape index (κ1) is 28.7. The summed E-state index contributed by atoms with van der Waals surface area (Å²) in [6, 6.07) is 9.47. The highest BCUT2D eigenvalue weighted by Crippen LogP contribution is 2.32. The molecule has 3 aromatic rings. The van der Waals surface area contributed by atoms with E-state index in [9.17, 15) is 31.5 Å². The van der Waals surface area contributed by atoms with Gasteiger partial charge < -0.3 is 9.84 Å². The van der Waals surface area contributed by atoms with Crippen molar-refractivity contribution in [3.05, 3.63) is 94.7 Å². The Morgan fingerprint density at radius 1 is 1.10 bits per heavy atom. The fourth-order valence-electron chi connectivity index (χ4n) is 3.72. The van der Waals surface area contributed by atoms with Crippen molar-refractivity contribution < 1.29 is 36.2 Å². The largest absolute Gasteiger partial charge is 0.483 e. The topological polar surface area (TPSA) is 106 Å². The monoisotopic (exact) mass is 588 g/mol. The average molecular weight is 589 g/mol. The number of rotatable bonds is 6. The van der Waals surface area contributed by atoms with Crippen LogP contribution in [0.2, 0.25) is 5.02 Å². The maximum Gasteiger partial charge on any atom is 0.422 e. The lowest BCUT2D eigenvalue weighted by molar-refractivity contribution is -0.153. The van der Waals surface area contributed by atoms with Gasteiger partial charge in [0.1, 0.15) is 10.6 Å². The molecule has 0 fully saturated rings. The minimum atomic E-state index is -4.58. The number of aromatic nitrogens is 1. The molecule has 4 rings (SSSR count). The van der Waals surface area contributed by atoms with Crippen LogP contribution >= 0.6 is 11.6 Å². The van der Waals surface area contributed by atoms with Crippen LogP contribution < -0.4 is 9.46 Å². The van der Waals surface area contributed by atoms with Gasteiger partial charge in [0.25, 0.3) is 10.0 Å². The zero-order valence-corrected chi connectivity index (χ0v) is 22.1. The summed E-state index contributed by atoms with van der Waals surface area (Å²) in [5.41, 5.74) is 0.927. The number of carboxylic acid groups (broad SMARTS) is 1. The zero-order valence-electron chi connectivity index (χ0n) is 20.5. The molecule has 0 amide bonds. The number of halogens is 4. The normalized spacial score (nSPS) is 15.1. The number of nitrogens with zero attached hydrogens (tertiary/aromatic N) is 1. The summed E-state index contributed by atoms with van der Waals surface area (Å²) in [7, 11) is -4.31. The number of sulfonamides is 1. The number of fused-ring (bicyclic) bond motifs is 1. The van der Waals surface area contributed by atoms with Gasteiger partial charge in [-0.05, 0) is 67.5 Å². The lowest BCUT2D eigenvalue weighted by atomic mass is 10.1. The van der Waals surface area contributed by atoms with Gasteiger partial charge in [0.05, 0.1) is 22.3 Å². The number of benzene rings is 2. The highest BCUT2D eigenvalue weighted by molar-refractivity contribution is 7.93. The van der Waals surface area contributed by atoms with Crippen molar-refractivity contribution in [1.82, 2.24) is 4.98 Å². The lowest BCUT2D eigenvalue weighted by Crippen LogP contribution is -2.19. The molecule has 0 radical (unpaired) electrons. The maximum atomic E-state index is 13.4. The second kappa shape index (κ2) is 11.9. The van der Waals surface area contributed by atoms with E-state index in [0.717, 1.165) is 12.1 Å². The van der Waals surface area contributed by atoms with Crippen molar-refractivity contribution in [1.29, 1.82) is 0 Å². The third-order valence-electron chi connectivity index (χ3n) is 5.53. The number of carbonyl (C=O) groups is 1. The number of ether oxygens (including phenoxy) is 1. The molecule has 0 spiro atoms. The Balaban J connectivity index is 1.68. The minimum Gasteiger partial charge on any atom is -0.483 e. The molecule has 40 heavy (non-hydrogen) atoms. The molecule has 1 aliphatic carbocycles. The summed E-state index contributed by atoms with van der Waals surface area (Å²) in [6.45, 7) is -1.55. The van der Waals surface area contributed by atoms with Crippen LogP contribution in [-0.4, -0.2) is 37.3 Å². The van der Waals surface area contributed by atoms with Crippen LogP contribution in [0, 0.1) is 11.8 Å². The third kappa shape index (κ3) is 7.22. The number of pyridine rings is 1. The Bertz CT molecular complexity index is 1740. The fraction of sp³-hybridized carbons (Fsp3) is 0.143. The molecule has 12 heteroatoms. The molecule has 0 bridgehead atoms. The van der Waals surface area contributed by atoms with Gasteiger partial charge in [-0.3, -0.25) is 9.71 Å². The van der Waals surface area contributed by atoms with Crippen molar-refractivity contribution in [3.63, 3.8) is 0 Å². The Morgan fingerprint density at radius 2 is 1.88 bits per heavy atom. The number of aliphatic carboxylic acids is 1. The van der Waals surface area contributed by atoms with Gasteiger partial charge in [-0.1, -0.05) is 35.6 Å². The SMILES string of the molecule is O=C(O)C1=CCC/C=C(\C#Cc2cc(Cl)ccc2NS(=O)(=O)c2ccc(OCC(F)(F)F)c3cccnc23)C=C1. The number of alkyl halides is 3. The Hall–Kier alpha value is -4.27. The quantitative estimate of drug-likeness (QED) is 0.329. The molecule has 2 aromatic carbocycles. The van der Waals surface area contributed by atoms with Gasteiger partial charge >= 0.3 is 12.1 Å². The molecule has 0 aliphatic heterocycles. The van der Waals surface area contributed by atoms with E-state index in [-0.39, 0.29) is 38.4 Å². The second-order valence-corrected chi connectivity index (χ2v) is 10.5. The number of anilines is 1. The van der Waals surface area contributed by atoms with E-state index in [2.05, 4.69) is 21.5 Å². The number of allylic oxidation sites excluding steroid dienone is 4. The summed E-state index contributed by atoms with van der Waals surface area (Å²) in [5, 5.41) is 9.63. The highest BCUT2D eigenvalue weighted by Gasteiger charge is 2.29. The summed E-state index contributed by atoms with van der Waals surface area (Å²) in [6.07, 6.45) is 4.23. The van der Waals surface area contributed by atoms with Crippen LogP contribution in [0.3, 0.4) is 0 Å². The van der Waals surface area contributed by atoms with E-state index in [1.165, 1.54) is 42.6 Å². The lowest BCUT2D eigenvalue weighted by Gasteiger charge is -2.15. The Morgan fingerprint density at radius 3 is 2.62 bits per heavy atom. The molecule has 0 unspecified atom stereocenters. The molecule has 1 heterocycles. The van der Waals surface area contributed by atoms with Crippen molar-refractivity contribution in [2.45, 2.75) is 23.9 Å². The Labute approximate surface area is 232 Å². The van der Waals surface area contributed by atoms with Gasteiger partial charge in [0.15, 0.2) is 6.61 Å². The van der Waals surface area contributed by atoms with Crippen molar-refractivity contribution >= 4 is 44.2 Å². The number of nitrogens with one attached hydrogen (secondary N) is 1. The average Bonchev–Trinajstić information content (AvgIpc) is 2.87. The zero-order chi connectivity index (χ0) is 28.9. The van der Waals surface area contributed by atoms with Gasteiger partial charge in [-0.2, -0.15) is 13.2 Å². The van der Waals surface area contributed by atoms with Crippen molar-refractivity contribution in [2.75, 3.05) is 11.3 Å². The van der Waals surface area contributed by atoms with Crippen molar-refractivity contribution in [3.8, 4) is 17.6 Å². The molecule has 2 N–H and O–H groups in total. The predicted octanol–water partition coefficient (Wildman–Crippen LogP) is 6.27. The number of carboxylic acids is 1. The van der Waals surface area contributed by atoms with E-state index in [4.69, 9.17) is 16.3 Å². The molecular weight excluding hydrogens is 569 g/mol. The van der Waals surface area contributed by atoms with Crippen LogP contribution in [0.1, 0.15) is 18.4 Å². The van der Waals surface area contributed by atoms with Crippen LogP contribution in [0.25, 0.3) is 10.9 Å². The number of hydrogen-bond donors (Lipinski definition) is 2. The summed E-state index contributed by atoms with van der Waals surface area (Å²) in [4.78, 5) is 15.1. The highest BCUT2D eigenvalue weighted by atomic mass is 35.5. The number of hydrogen-bond acceptors (Lipinski definition) is 5. The standard InChI is InChI=1S/C28H20ClF3N2O5S/c29-21-11-12-23(20(16-21)10-8-18-4-1-2-5-19(9-7-18)27(35)36)34-40(37,38)25-14-13-24(39-17-28(30,31)32)22-6-3-15-33-26(22)25/h3-7,9,11-16,34H,1-2,17H2,(H,35,36)/b9-7?,18-4-,19-5?. The summed E-state index contributed by atoms with van der Waals surface area (Å²) >= 11 is 6.14. The van der Waals surface area contributed by atoms with E-state index in [1.54, 1.807) is 12.2 Å². The van der Waals surface area contributed by atoms with Crippen LogP contribution in [-0.2, 0) is 14.8 Å². The van der Waals surface area contributed by atoms with Crippen molar-refractivity contribution in [2.24, 2.45) is 0 Å². The molecule has 0 atom stereocenters. The Kier molecular flexibility index (Phi) is 8.52. The first-order chi connectivity index (χ1) is 18.9. The molecule has 0 saturated heterocycles. The smallest absolute Gasteiger partial charge is 0.422 e. The van der Waals surface area contributed by atoms with Gasteiger partial charge in [0.2, 0.25) is 0 Å². The molecule has 1 aromatic heterocycles. The molecule has 1 aliphatic rings. The van der Waals surface area contributed by atoms with E-state index in [1.807, 2.05) is 6.08 Å². The van der Waals surface area contributed by atoms with E-state index in [0.29, 0.717) is 23.4 Å². The summed E-state index contributed by atoms with van der Waals surface area (Å²) < 4.78 is 72.3.